The lowest BCUT2D eigenvalue weighted by Crippen LogP contribution is -2.35. The van der Waals surface area contributed by atoms with Crippen LogP contribution >= 0.6 is 11.3 Å². The Morgan fingerprint density at radius 3 is 2.78 bits per heavy atom. The molecule has 0 aromatic carbocycles. The molecule has 27 heavy (non-hydrogen) atoms. The Labute approximate surface area is 160 Å². The minimum absolute atomic E-state index is 0.369. The van der Waals surface area contributed by atoms with Gasteiger partial charge >= 0.3 is 0 Å². The molecule has 1 aliphatic rings. The van der Waals surface area contributed by atoms with E-state index in [4.69, 9.17) is 0 Å². The molecular formula is C18H18N8S. The molecule has 0 saturated carbocycles. The normalized spacial score (nSPS) is 15.3. The van der Waals surface area contributed by atoms with Crippen molar-refractivity contribution in [1.82, 2.24) is 34.7 Å². The molecule has 136 valence electrons. The number of nitrogens with zero attached hydrogens (tertiary/aromatic N) is 8. The molecule has 4 aromatic rings. The zero-order valence-corrected chi connectivity index (χ0v) is 15.4. The molecule has 1 fully saturated rings. The van der Waals surface area contributed by atoms with Gasteiger partial charge in [0, 0.05) is 42.5 Å². The Kier molecular flexibility index (Phi) is 4.13. The van der Waals surface area contributed by atoms with Gasteiger partial charge in [-0.15, -0.1) is 5.10 Å². The Balaban J connectivity index is 1.27. The zero-order valence-electron chi connectivity index (χ0n) is 14.6. The molecule has 0 aliphatic carbocycles. The van der Waals surface area contributed by atoms with Gasteiger partial charge in [-0.2, -0.15) is 16.4 Å². The first-order chi connectivity index (χ1) is 13.4. The lowest BCUT2D eigenvalue weighted by Gasteiger charge is -2.32. The number of piperidine rings is 1. The molecule has 4 aromatic heterocycles. The first-order valence-electron chi connectivity index (χ1n) is 8.88. The average molecular weight is 378 g/mol. The number of anilines is 1. The van der Waals surface area contributed by atoms with Crippen LogP contribution in [0.2, 0.25) is 0 Å². The van der Waals surface area contributed by atoms with E-state index in [-0.39, 0.29) is 0 Å². The van der Waals surface area contributed by atoms with Gasteiger partial charge in [-0.05, 0) is 30.4 Å². The van der Waals surface area contributed by atoms with Gasteiger partial charge in [-0.3, -0.25) is 0 Å². The van der Waals surface area contributed by atoms with E-state index in [0.29, 0.717) is 6.04 Å². The average Bonchev–Trinajstić information content (AvgIpc) is 3.50. The third kappa shape index (κ3) is 3.21. The highest BCUT2D eigenvalue weighted by molar-refractivity contribution is 7.08. The van der Waals surface area contributed by atoms with Gasteiger partial charge in [0.15, 0.2) is 5.82 Å². The van der Waals surface area contributed by atoms with Crippen LogP contribution in [-0.2, 0) is 0 Å². The number of hydrogen-bond acceptors (Lipinski definition) is 7. The van der Waals surface area contributed by atoms with Crippen LogP contribution in [0.4, 0.5) is 5.82 Å². The van der Waals surface area contributed by atoms with Crippen molar-refractivity contribution in [3.8, 4) is 17.1 Å². The van der Waals surface area contributed by atoms with E-state index in [1.165, 1.54) is 0 Å². The van der Waals surface area contributed by atoms with Crippen molar-refractivity contribution in [1.29, 1.82) is 0 Å². The number of thiophene rings is 1. The summed E-state index contributed by atoms with van der Waals surface area (Å²) in [5.74, 6) is 1.72. The van der Waals surface area contributed by atoms with E-state index < -0.39 is 0 Å². The van der Waals surface area contributed by atoms with Crippen LogP contribution in [0, 0.1) is 0 Å². The maximum absolute atomic E-state index is 4.45. The van der Waals surface area contributed by atoms with Crippen LogP contribution in [0.15, 0.2) is 53.9 Å². The summed E-state index contributed by atoms with van der Waals surface area (Å²) in [6, 6.07) is 6.31. The standard InChI is InChI=1S/C18H18N8S/c1-5-21-25(6-1)18-10-17(19-13-20-18)24-7-2-15(3-8-24)26-11-16(22-23-26)14-4-9-27-12-14/h1,4-6,9-13,15H,2-3,7-8H2. The predicted molar refractivity (Wildman–Crippen MR) is 103 cm³/mol. The molecular weight excluding hydrogens is 360 g/mol. The summed E-state index contributed by atoms with van der Waals surface area (Å²) in [5, 5.41) is 17.1. The second-order valence-electron chi connectivity index (χ2n) is 6.50. The summed E-state index contributed by atoms with van der Waals surface area (Å²) in [6.07, 6.45) is 9.30. The second kappa shape index (κ2) is 6.92. The fraction of sp³-hybridized carbons (Fsp3) is 0.278. The Morgan fingerprint density at radius 2 is 2.00 bits per heavy atom. The molecule has 1 aliphatic heterocycles. The number of rotatable bonds is 4. The number of hydrogen-bond donors (Lipinski definition) is 0. The van der Waals surface area contributed by atoms with Gasteiger partial charge in [0.05, 0.1) is 12.2 Å². The Morgan fingerprint density at radius 1 is 1.11 bits per heavy atom. The van der Waals surface area contributed by atoms with Crippen LogP contribution < -0.4 is 4.90 Å². The molecule has 0 N–H and O–H groups in total. The van der Waals surface area contributed by atoms with Gasteiger partial charge in [-0.25, -0.2) is 19.3 Å². The smallest absolute Gasteiger partial charge is 0.158 e. The van der Waals surface area contributed by atoms with Crippen molar-refractivity contribution < 1.29 is 0 Å². The fourth-order valence-electron chi connectivity index (χ4n) is 3.40. The molecule has 0 amide bonds. The lowest BCUT2D eigenvalue weighted by molar-refractivity contribution is 0.359. The summed E-state index contributed by atoms with van der Waals surface area (Å²) in [4.78, 5) is 11.0. The zero-order chi connectivity index (χ0) is 18.1. The third-order valence-corrected chi connectivity index (χ3v) is 5.55. The van der Waals surface area contributed by atoms with Crippen molar-refractivity contribution in [2.24, 2.45) is 0 Å². The Hall–Kier alpha value is -3.07. The summed E-state index contributed by atoms with van der Waals surface area (Å²) >= 11 is 1.68. The van der Waals surface area contributed by atoms with Crippen LogP contribution in [0.25, 0.3) is 17.1 Å². The maximum Gasteiger partial charge on any atom is 0.158 e. The highest BCUT2D eigenvalue weighted by atomic mass is 32.1. The maximum atomic E-state index is 4.45. The van der Waals surface area contributed by atoms with Gasteiger partial charge in [0.1, 0.15) is 17.8 Å². The SMILES string of the molecule is c1cnn(-c2cc(N3CCC(n4cc(-c5ccsc5)nn4)CC3)ncn2)c1. The van der Waals surface area contributed by atoms with Crippen molar-refractivity contribution in [3.63, 3.8) is 0 Å². The van der Waals surface area contributed by atoms with Crippen molar-refractivity contribution in [2.75, 3.05) is 18.0 Å². The molecule has 0 unspecified atom stereocenters. The van der Waals surface area contributed by atoms with E-state index in [2.05, 4.69) is 53.3 Å². The van der Waals surface area contributed by atoms with Gasteiger partial charge in [0.2, 0.25) is 0 Å². The first kappa shape index (κ1) is 16.1. The minimum Gasteiger partial charge on any atom is -0.356 e. The van der Waals surface area contributed by atoms with Crippen LogP contribution in [-0.4, -0.2) is 47.8 Å². The third-order valence-electron chi connectivity index (χ3n) is 4.87. The summed E-state index contributed by atoms with van der Waals surface area (Å²) in [5.41, 5.74) is 2.08. The van der Waals surface area contributed by atoms with Gasteiger partial charge in [0.25, 0.3) is 0 Å². The van der Waals surface area contributed by atoms with Crippen LogP contribution in [0.5, 0.6) is 0 Å². The molecule has 9 heteroatoms. The highest BCUT2D eigenvalue weighted by Gasteiger charge is 2.23. The van der Waals surface area contributed by atoms with Crippen LogP contribution in [0.3, 0.4) is 0 Å². The van der Waals surface area contributed by atoms with Gasteiger partial charge in [-0.1, -0.05) is 5.21 Å². The van der Waals surface area contributed by atoms with E-state index in [0.717, 1.165) is 48.8 Å². The molecule has 0 radical (unpaired) electrons. The first-order valence-corrected chi connectivity index (χ1v) is 9.82. The Bertz CT molecular complexity index is 1000. The largest absolute Gasteiger partial charge is 0.356 e. The molecule has 5 rings (SSSR count). The number of aromatic nitrogens is 7. The van der Waals surface area contributed by atoms with Gasteiger partial charge < -0.3 is 4.90 Å². The van der Waals surface area contributed by atoms with E-state index in [9.17, 15) is 0 Å². The molecule has 0 bridgehead atoms. The van der Waals surface area contributed by atoms with Crippen molar-refractivity contribution in [3.05, 3.63) is 53.9 Å². The minimum atomic E-state index is 0.369. The molecule has 1 saturated heterocycles. The highest BCUT2D eigenvalue weighted by Crippen LogP contribution is 2.27. The quantitative estimate of drug-likeness (QED) is 0.543. The van der Waals surface area contributed by atoms with E-state index >= 15 is 0 Å². The lowest BCUT2D eigenvalue weighted by atomic mass is 10.1. The summed E-state index contributed by atoms with van der Waals surface area (Å²) in [6.45, 7) is 1.85. The predicted octanol–water partition coefficient (Wildman–Crippen LogP) is 2.82. The summed E-state index contributed by atoms with van der Waals surface area (Å²) < 4.78 is 3.76. The second-order valence-corrected chi connectivity index (χ2v) is 7.28. The van der Waals surface area contributed by atoms with Crippen LogP contribution in [0.1, 0.15) is 18.9 Å². The monoisotopic (exact) mass is 378 g/mol. The van der Waals surface area contributed by atoms with E-state index in [1.54, 1.807) is 28.5 Å². The molecule has 0 spiro atoms. The topological polar surface area (TPSA) is 77.5 Å². The molecule has 8 nitrogen and oxygen atoms in total. The fourth-order valence-corrected chi connectivity index (χ4v) is 4.05. The van der Waals surface area contributed by atoms with Crippen molar-refractivity contribution >= 4 is 17.2 Å². The summed E-state index contributed by atoms with van der Waals surface area (Å²) in [7, 11) is 0. The molecule has 0 atom stereocenters. The molecule has 5 heterocycles. The van der Waals surface area contributed by atoms with Crippen molar-refractivity contribution in [2.45, 2.75) is 18.9 Å². The van der Waals surface area contributed by atoms with E-state index in [1.807, 2.05) is 23.0 Å².